The van der Waals surface area contributed by atoms with E-state index in [-0.39, 0.29) is 10.4 Å². The number of alkyl halides is 6. The zero-order valence-electron chi connectivity index (χ0n) is 18.0. The Bertz CT molecular complexity index is 1420. The van der Waals surface area contributed by atoms with E-state index >= 15 is 0 Å². The molecule has 180 valence electrons. The lowest BCUT2D eigenvalue weighted by Gasteiger charge is -2.25. The van der Waals surface area contributed by atoms with E-state index in [4.69, 9.17) is 0 Å². The number of benzene rings is 1. The van der Waals surface area contributed by atoms with Crippen LogP contribution in [0, 0.1) is 0 Å². The van der Waals surface area contributed by atoms with Gasteiger partial charge in [-0.25, -0.2) is 0 Å². The Kier molecular flexibility index (Phi) is 5.85. The molecule has 0 bridgehead atoms. The maximum atomic E-state index is 14.8. The van der Waals surface area contributed by atoms with Crippen molar-refractivity contribution < 1.29 is 26.3 Å². The summed E-state index contributed by atoms with van der Waals surface area (Å²) in [5, 5.41) is 1.72. The van der Waals surface area contributed by atoms with E-state index in [0.29, 0.717) is 16.7 Å². The molecule has 3 aromatic heterocycles. The molecule has 0 N–H and O–H groups in total. The third kappa shape index (κ3) is 3.80. The summed E-state index contributed by atoms with van der Waals surface area (Å²) in [5.41, 5.74) is -1.86. The number of thiophene rings is 3. The van der Waals surface area contributed by atoms with Crippen molar-refractivity contribution in [2.24, 2.45) is 0 Å². The normalized spacial score (nSPS) is 18.6. The van der Waals surface area contributed by atoms with Crippen molar-refractivity contribution in [3.8, 4) is 19.5 Å². The van der Waals surface area contributed by atoms with Gasteiger partial charge in [-0.05, 0) is 48.2 Å². The second-order valence-corrected chi connectivity index (χ2v) is 11.1. The van der Waals surface area contributed by atoms with Crippen LogP contribution in [0.4, 0.5) is 26.3 Å². The summed E-state index contributed by atoms with van der Waals surface area (Å²) < 4.78 is 86.6. The van der Waals surface area contributed by atoms with Crippen LogP contribution in [0.25, 0.3) is 37.2 Å². The van der Waals surface area contributed by atoms with Crippen LogP contribution in [-0.2, 0) is 0 Å². The van der Waals surface area contributed by atoms with Crippen LogP contribution in [0.2, 0.25) is 0 Å². The van der Waals surface area contributed by atoms with E-state index in [2.05, 4.69) is 0 Å². The number of hydrogen-bond acceptors (Lipinski definition) is 3. The number of allylic oxidation sites excluding steroid dienone is 2. The molecule has 1 aliphatic carbocycles. The Labute approximate surface area is 209 Å². The van der Waals surface area contributed by atoms with Crippen LogP contribution in [0.1, 0.15) is 22.9 Å². The van der Waals surface area contributed by atoms with Gasteiger partial charge < -0.3 is 0 Å². The van der Waals surface area contributed by atoms with Gasteiger partial charge in [-0.15, -0.1) is 34.0 Å². The molecule has 35 heavy (non-hydrogen) atoms. The zero-order chi connectivity index (χ0) is 25.0. The summed E-state index contributed by atoms with van der Waals surface area (Å²) in [6.07, 6.45) is 3.85. The topological polar surface area (TPSA) is 0 Å². The first-order valence-electron chi connectivity index (χ1n) is 10.4. The fourth-order valence-electron chi connectivity index (χ4n) is 3.96. The van der Waals surface area contributed by atoms with E-state index in [1.165, 1.54) is 28.7 Å². The van der Waals surface area contributed by atoms with E-state index in [1.54, 1.807) is 23.6 Å². The lowest BCUT2D eigenvalue weighted by Crippen LogP contribution is -2.48. The van der Waals surface area contributed by atoms with Gasteiger partial charge in [-0.1, -0.05) is 42.5 Å². The molecular weight excluding hydrogens is 522 g/mol. The van der Waals surface area contributed by atoms with Gasteiger partial charge in [0, 0.05) is 36.2 Å². The maximum Gasteiger partial charge on any atom is 0.380 e. The molecule has 0 nitrogen and oxygen atoms in total. The van der Waals surface area contributed by atoms with Crippen molar-refractivity contribution in [3.05, 3.63) is 87.6 Å². The van der Waals surface area contributed by atoms with Crippen LogP contribution in [0.5, 0.6) is 0 Å². The molecular formula is C26H16F6S3. The molecule has 0 unspecified atom stereocenters. The van der Waals surface area contributed by atoms with E-state index in [1.807, 2.05) is 48.6 Å². The summed E-state index contributed by atoms with van der Waals surface area (Å²) in [7, 11) is 0. The lowest BCUT2D eigenvalue weighted by molar-refractivity contribution is -0.259. The Morgan fingerprint density at radius 2 is 1.46 bits per heavy atom. The van der Waals surface area contributed by atoms with E-state index in [9.17, 15) is 26.3 Å². The third-order valence-electron chi connectivity index (χ3n) is 5.80. The van der Waals surface area contributed by atoms with Crippen molar-refractivity contribution in [2.45, 2.75) is 24.7 Å². The molecule has 0 saturated heterocycles. The van der Waals surface area contributed by atoms with Crippen LogP contribution >= 0.6 is 34.0 Å². The largest absolute Gasteiger partial charge is 0.380 e. The lowest BCUT2D eigenvalue weighted by atomic mass is 9.99. The first-order chi connectivity index (χ1) is 16.5. The van der Waals surface area contributed by atoms with Crippen molar-refractivity contribution in [1.82, 2.24) is 0 Å². The highest BCUT2D eigenvalue weighted by molar-refractivity contribution is 7.26. The van der Waals surface area contributed by atoms with Gasteiger partial charge in [0.25, 0.3) is 0 Å². The monoisotopic (exact) mass is 538 g/mol. The van der Waals surface area contributed by atoms with Gasteiger partial charge in [-0.2, -0.15) is 26.3 Å². The second kappa shape index (κ2) is 8.50. The molecule has 3 heterocycles. The van der Waals surface area contributed by atoms with Gasteiger partial charge in [0.2, 0.25) is 0 Å². The first-order valence-corrected chi connectivity index (χ1v) is 12.9. The van der Waals surface area contributed by atoms with Crippen molar-refractivity contribution in [2.75, 3.05) is 0 Å². The Morgan fingerprint density at radius 3 is 2.09 bits per heavy atom. The summed E-state index contributed by atoms with van der Waals surface area (Å²) in [4.78, 5) is 2.99. The molecule has 9 heteroatoms. The fourth-order valence-corrected chi connectivity index (χ4v) is 6.98. The van der Waals surface area contributed by atoms with Crippen LogP contribution in [0.15, 0.2) is 71.6 Å². The fraction of sp³-hybridized carbons (Fsp3) is 0.154. The van der Waals surface area contributed by atoms with Crippen molar-refractivity contribution in [1.29, 1.82) is 0 Å². The average Bonchev–Trinajstić information content (AvgIpc) is 3.59. The highest BCUT2D eigenvalue weighted by atomic mass is 32.1. The minimum Gasteiger partial charge on any atom is -0.194 e. The Morgan fingerprint density at radius 1 is 0.714 bits per heavy atom. The molecule has 1 aromatic carbocycles. The van der Waals surface area contributed by atoms with E-state index < -0.39 is 28.9 Å². The molecule has 0 radical (unpaired) electrons. The number of hydrogen-bond donors (Lipinski definition) is 0. The van der Waals surface area contributed by atoms with Gasteiger partial charge in [-0.3, -0.25) is 0 Å². The van der Waals surface area contributed by atoms with Crippen molar-refractivity contribution in [3.63, 3.8) is 0 Å². The predicted molar refractivity (Wildman–Crippen MR) is 134 cm³/mol. The molecule has 5 rings (SSSR count). The third-order valence-corrected chi connectivity index (χ3v) is 9.24. The first kappa shape index (κ1) is 24.1. The molecule has 0 atom stereocenters. The SMILES string of the molecule is CC1=C(c2cc(-c3ccc(/C=C/c4ccccc4)s3)sc2-c2cccs2)C(F)(F)C(F)(F)C1(F)F. The van der Waals surface area contributed by atoms with Crippen molar-refractivity contribution >= 4 is 51.7 Å². The average molecular weight is 539 g/mol. The molecule has 0 fully saturated rings. The smallest absolute Gasteiger partial charge is 0.194 e. The molecule has 4 aromatic rings. The molecule has 0 aliphatic heterocycles. The summed E-state index contributed by atoms with van der Waals surface area (Å²) >= 11 is 3.75. The van der Waals surface area contributed by atoms with Gasteiger partial charge in [0.05, 0.1) is 4.88 Å². The predicted octanol–water partition coefficient (Wildman–Crippen LogP) is 10.1. The molecule has 0 spiro atoms. The summed E-state index contributed by atoms with van der Waals surface area (Å²) in [6.45, 7) is 0.664. The van der Waals surface area contributed by atoms with Gasteiger partial charge >= 0.3 is 17.8 Å². The minimum atomic E-state index is -5.51. The van der Waals surface area contributed by atoms with Gasteiger partial charge in [0.1, 0.15) is 0 Å². The number of halogens is 6. The second-order valence-electron chi connectivity index (χ2n) is 8.00. The maximum absolute atomic E-state index is 14.8. The summed E-state index contributed by atoms with van der Waals surface area (Å²) in [6, 6.07) is 18.0. The Balaban J connectivity index is 1.60. The zero-order valence-corrected chi connectivity index (χ0v) is 20.4. The highest BCUT2D eigenvalue weighted by Crippen LogP contribution is 2.63. The van der Waals surface area contributed by atoms with Crippen LogP contribution in [-0.4, -0.2) is 17.8 Å². The number of rotatable bonds is 5. The van der Waals surface area contributed by atoms with E-state index in [0.717, 1.165) is 26.7 Å². The van der Waals surface area contributed by atoms with Gasteiger partial charge in [0.15, 0.2) is 0 Å². The molecule has 0 saturated carbocycles. The minimum absolute atomic E-state index is 0.271. The highest BCUT2D eigenvalue weighted by Gasteiger charge is 2.79. The molecule has 1 aliphatic rings. The molecule has 0 amide bonds. The quantitative estimate of drug-likeness (QED) is 0.222. The summed E-state index contributed by atoms with van der Waals surface area (Å²) in [5.74, 6) is -15.5. The Hall–Kier alpha value is -2.62. The standard InChI is InChI=1S/C26H16F6S3/c1-15-22(25(29,30)26(31,32)24(15,27)28)18-14-21(35-23(18)20-8-5-13-33-20)19-12-11-17(34-19)10-9-16-6-3-2-4-7-16/h2-14H,1H3/b10-9+. The van der Waals surface area contributed by atoms with Crippen LogP contribution in [0.3, 0.4) is 0 Å². The van der Waals surface area contributed by atoms with Crippen LogP contribution < -0.4 is 0 Å².